The number of rotatable bonds is 7. The Kier molecular flexibility index (Phi) is 6.13. The van der Waals surface area contributed by atoms with Gasteiger partial charge in [-0.2, -0.15) is 0 Å². The van der Waals surface area contributed by atoms with Crippen LogP contribution in [0.5, 0.6) is 17.2 Å². The van der Waals surface area contributed by atoms with Gasteiger partial charge >= 0.3 is 0 Å². The van der Waals surface area contributed by atoms with E-state index in [-0.39, 0.29) is 35.7 Å². The van der Waals surface area contributed by atoms with Gasteiger partial charge in [0.15, 0.2) is 0 Å². The molecule has 2 saturated heterocycles. The van der Waals surface area contributed by atoms with Gasteiger partial charge in [0, 0.05) is 18.0 Å². The van der Waals surface area contributed by atoms with Crippen molar-refractivity contribution in [2.24, 2.45) is 5.92 Å². The van der Waals surface area contributed by atoms with Gasteiger partial charge in [-0.05, 0) is 47.9 Å². The molecule has 5 rings (SSSR count). The topological polar surface area (TPSA) is 83.1 Å². The number of hydrogen-bond donors (Lipinski definition) is 3. The lowest BCUT2D eigenvalue weighted by Gasteiger charge is -2.31. The molecule has 7 heteroatoms. The van der Waals surface area contributed by atoms with Crippen LogP contribution in [0.2, 0.25) is 0 Å². The van der Waals surface area contributed by atoms with Crippen LogP contribution in [0.4, 0.5) is 0 Å². The van der Waals surface area contributed by atoms with Crippen molar-refractivity contribution in [3.05, 3.63) is 89.5 Å². The Morgan fingerprint density at radius 1 is 0.853 bits per heavy atom. The fourth-order valence-corrected chi connectivity index (χ4v) is 5.21. The van der Waals surface area contributed by atoms with Crippen LogP contribution in [0, 0.1) is 5.92 Å². The van der Waals surface area contributed by atoms with E-state index in [0.717, 1.165) is 34.6 Å². The van der Waals surface area contributed by atoms with Crippen molar-refractivity contribution in [2.75, 3.05) is 20.8 Å². The molecule has 3 aromatic rings. The molecule has 1 amide bonds. The number of phenolic OH excluding ortho intramolecular Hbond substituents is 1. The molecule has 34 heavy (non-hydrogen) atoms. The molecule has 176 valence electrons. The predicted molar refractivity (Wildman–Crippen MR) is 129 cm³/mol. The van der Waals surface area contributed by atoms with Gasteiger partial charge in [-0.1, -0.05) is 42.5 Å². The molecule has 0 radical (unpaired) electrons. The molecule has 2 fully saturated rings. The highest BCUT2D eigenvalue weighted by Gasteiger charge is 2.55. The van der Waals surface area contributed by atoms with Crippen LogP contribution in [0.1, 0.15) is 28.8 Å². The first-order chi connectivity index (χ1) is 16.6. The van der Waals surface area contributed by atoms with Crippen molar-refractivity contribution >= 4 is 5.91 Å². The number of nitrogens with zero attached hydrogens (tertiary/aromatic N) is 1. The molecular formula is C27H29N3O4. The summed E-state index contributed by atoms with van der Waals surface area (Å²) in [4.78, 5) is 15.6. The number of hydrazine groups is 1. The standard InChI is InChI=1S/C27H29N3O4/c1-33-19-11-7-17(8-12-19)15-16-30-26(18-9-13-20(34-2)14-10-18)23-24(28-29-25(23)27(30)32)21-5-3-4-6-22(21)31/h3-14,23-26,28-29,31H,15-16H2,1-2H3. The van der Waals surface area contributed by atoms with Gasteiger partial charge in [0.05, 0.1) is 26.3 Å². The number of amides is 1. The number of hydrogen-bond acceptors (Lipinski definition) is 6. The van der Waals surface area contributed by atoms with Crippen LogP contribution in [0.3, 0.4) is 0 Å². The predicted octanol–water partition coefficient (Wildman–Crippen LogP) is 3.37. The second-order valence-corrected chi connectivity index (χ2v) is 8.73. The van der Waals surface area contributed by atoms with Crippen molar-refractivity contribution < 1.29 is 19.4 Å². The van der Waals surface area contributed by atoms with E-state index in [9.17, 15) is 9.90 Å². The Labute approximate surface area is 199 Å². The number of aromatic hydroxyl groups is 1. The summed E-state index contributed by atoms with van der Waals surface area (Å²) in [5.41, 5.74) is 9.46. The molecule has 4 unspecified atom stereocenters. The maximum Gasteiger partial charge on any atom is 0.242 e. The number of carbonyl (C=O) groups excluding carboxylic acids is 1. The summed E-state index contributed by atoms with van der Waals surface area (Å²) in [6.45, 7) is 0.587. The monoisotopic (exact) mass is 459 g/mol. The van der Waals surface area contributed by atoms with Gasteiger partial charge in [0.1, 0.15) is 23.3 Å². The van der Waals surface area contributed by atoms with E-state index in [1.807, 2.05) is 65.6 Å². The second kappa shape index (κ2) is 9.37. The van der Waals surface area contributed by atoms with Crippen molar-refractivity contribution in [3.63, 3.8) is 0 Å². The summed E-state index contributed by atoms with van der Waals surface area (Å²) >= 11 is 0. The lowest BCUT2D eigenvalue weighted by molar-refractivity contribution is -0.130. The maximum absolute atomic E-state index is 13.6. The molecule has 4 atom stereocenters. The second-order valence-electron chi connectivity index (χ2n) is 8.73. The van der Waals surface area contributed by atoms with Crippen LogP contribution in [0.25, 0.3) is 0 Å². The lowest BCUT2D eigenvalue weighted by Crippen LogP contribution is -2.42. The number of carbonyl (C=O) groups is 1. The number of benzene rings is 3. The van der Waals surface area contributed by atoms with Crippen molar-refractivity contribution in [3.8, 4) is 17.2 Å². The van der Waals surface area contributed by atoms with Gasteiger partial charge in [0.2, 0.25) is 5.91 Å². The van der Waals surface area contributed by atoms with Gasteiger partial charge in [-0.25, -0.2) is 10.9 Å². The fourth-order valence-electron chi connectivity index (χ4n) is 5.21. The fraction of sp³-hybridized carbons (Fsp3) is 0.296. The maximum atomic E-state index is 13.6. The number of para-hydroxylation sites is 1. The number of fused-ring (bicyclic) bond motifs is 1. The van der Waals surface area contributed by atoms with Crippen LogP contribution in [-0.2, 0) is 11.2 Å². The highest BCUT2D eigenvalue weighted by molar-refractivity contribution is 5.86. The molecule has 2 aliphatic heterocycles. The summed E-state index contributed by atoms with van der Waals surface area (Å²) in [6.07, 6.45) is 0.733. The van der Waals surface area contributed by atoms with Gasteiger partial charge < -0.3 is 19.5 Å². The zero-order chi connectivity index (χ0) is 23.7. The molecule has 3 N–H and O–H groups in total. The molecule has 2 aliphatic rings. The van der Waals surface area contributed by atoms with E-state index in [2.05, 4.69) is 10.9 Å². The average molecular weight is 460 g/mol. The summed E-state index contributed by atoms with van der Waals surface area (Å²) < 4.78 is 10.6. The quantitative estimate of drug-likeness (QED) is 0.503. The van der Waals surface area contributed by atoms with Crippen LogP contribution in [-0.4, -0.2) is 42.7 Å². The number of nitrogens with one attached hydrogen (secondary N) is 2. The molecule has 3 aromatic carbocycles. The minimum absolute atomic E-state index is 0.0600. The molecular weight excluding hydrogens is 430 g/mol. The molecule has 0 aliphatic carbocycles. The van der Waals surface area contributed by atoms with Crippen LogP contribution < -0.4 is 20.3 Å². The van der Waals surface area contributed by atoms with Crippen molar-refractivity contribution in [1.82, 2.24) is 15.8 Å². The van der Waals surface area contributed by atoms with Crippen molar-refractivity contribution in [1.29, 1.82) is 0 Å². The van der Waals surface area contributed by atoms with E-state index in [0.29, 0.717) is 6.54 Å². The third-order valence-electron chi connectivity index (χ3n) is 6.94. The Hall–Kier alpha value is -3.55. The molecule has 2 heterocycles. The van der Waals surface area contributed by atoms with E-state index >= 15 is 0 Å². The Bertz CT molecular complexity index is 1150. The Morgan fingerprint density at radius 2 is 1.47 bits per heavy atom. The number of likely N-dealkylation sites (tertiary alicyclic amines) is 1. The highest BCUT2D eigenvalue weighted by Crippen LogP contribution is 2.48. The van der Waals surface area contributed by atoms with E-state index < -0.39 is 0 Å². The van der Waals surface area contributed by atoms with E-state index in [1.54, 1.807) is 26.4 Å². The minimum Gasteiger partial charge on any atom is -0.508 e. The molecule has 0 bridgehead atoms. The smallest absolute Gasteiger partial charge is 0.242 e. The minimum atomic E-state index is -0.382. The highest BCUT2D eigenvalue weighted by atomic mass is 16.5. The molecule has 7 nitrogen and oxygen atoms in total. The summed E-state index contributed by atoms with van der Waals surface area (Å²) in [6, 6.07) is 22.4. The van der Waals surface area contributed by atoms with Crippen molar-refractivity contribution in [2.45, 2.75) is 24.5 Å². The Morgan fingerprint density at radius 3 is 2.12 bits per heavy atom. The lowest BCUT2D eigenvalue weighted by atomic mass is 9.83. The summed E-state index contributed by atoms with van der Waals surface area (Å²) in [5.74, 6) is 1.77. The number of methoxy groups -OCH3 is 2. The summed E-state index contributed by atoms with van der Waals surface area (Å²) in [7, 11) is 3.29. The Balaban J connectivity index is 1.48. The largest absolute Gasteiger partial charge is 0.508 e. The third kappa shape index (κ3) is 3.97. The zero-order valence-corrected chi connectivity index (χ0v) is 19.3. The van der Waals surface area contributed by atoms with Crippen LogP contribution in [0.15, 0.2) is 72.8 Å². The van der Waals surface area contributed by atoms with Gasteiger partial charge in [-0.15, -0.1) is 0 Å². The van der Waals surface area contributed by atoms with Gasteiger partial charge in [0.25, 0.3) is 0 Å². The number of phenols is 1. The molecule has 0 spiro atoms. The molecule has 0 saturated carbocycles. The van der Waals surface area contributed by atoms with E-state index in [1.165, 1.54) is 0 Å². The first-order valence-electron chi connectivity index (χ1n) is 11.5. The average Bonchev–Trinajstić information content (AvgIpc) is 3.42. The SMILES string of the molecule is COc1ccc(CCN2C(=O)C3NNC(c4ccccc4O)C3C2c2ccc(OC)cc2)cc1. The zero-order valence-electron chi connectivity index (χ0n) is 19.3. The number of ether oxygens (including phenoxy) is 2. The van der Waals surface area contributed by atoms with Crippen LogP contribution >= 0.6 is 0 Å². The van der Waals surface area contributed by atoms with Gasteiger partial charge in [-0.3, -0.25) is 4.79 Å². The van der Waals surface area contributed by atoms with E-state index in [4.69, 9.17) is 9.47 Å². The normalized spacial score (nSPS) is 23.7. The first-order valence-corrected chi connectivity index (χ1v) is 11.5. The molecule has 0 aromatic heterocycles. The third-order valence-corrected chi connectivity index (χ3v) is 6.94. The summed E-state index contributed by atoms with van der Waals surface area (Å²) in [5, 5.41) is 10.5. The first kappa shape index (κ1) is 22.3.